The van der Waals surface area contributed by atoms with Gasteiger partial charge in [-0.05, 0) is 55.4 Å². The molecule has 0 radical (unpaired) electrons. The van der Waals surface area contributed by atoms with E-state index < -0.39 is 0 Å². The maximum atomic E-state index is 12.9. The van der Waals surface area contributed by atoms with Gasteiger partial charge in [0.15, 0.2) is 0 Å². The molecule has 2 amide bonds. The number of urea groups is 1. The fraction of sp³-hybridized carbons (Fsp3) is 0.381. The summed E-state index contributed by atoms with van der Waals surface area (Å²) in [6.45, 7) is 3.43. The molecule has 1 fully saturated rings. The summed E-state index contributed by atoms with van der Waals surface area (Å²) in [5.41, 5.74) is 2.17. The van der Waals surface area contributed by atoms with Crippen molar-refractivity contribution in [1.29, 1.82) is 0 Å². The Morgan fingerprint density at radius 1 is 1.16 bits per heavy atom. The summed E-state index contributed by atoms with van der Waals surface area (Å²) in [6.07, 6.45) is 3.12. The van der Waals surface area contributed by atoms with Gasteiger partial charge in [0.1, 0.15) is 5.82 Å². The first kappa shape index (κ1) is 17.5. The van der Waals surface area contributed by atoms with E-state index in [0.29, 0.717) is 18.9 Å². The molecule has 3 nitrogen and oxygen atoms in total. The zero-order chi connectivity index (χ0) is 17.6. The van der Waals surface area contributed by atoms with Crippen molar-refractivity contribution in [2.45, 2.75) is 32.2 Å². The number of benzene rings is 2. The molecule has 1 aliphatic rings. The number of hydrogen-bond donors (Lipinski definition) is 1. The van der Waals surface area contributed by atoms with E-state index in [1.807, 2.05) is 23.1 Å². The molecule has 0 heterocycles. The van der Waals surface area contributed by atoms with E-state index in [1.54, 1.807) is 12.1 Å². The first-order valence-electron chi connectivity index (χ1n) is 8.97. The average Bonchev–Trinajstić information content (AvgIpc) is 3.45. The Labute approximate surface area is 148 Å². The predicted octanol–water partition coefficient (Wildman–Crippen LogP) is 4.55. The summed E-state index contributed by atoms with van der Waals surface area (Å²) < 4.78 is 12.9. The van der Waals surface area contributed by atoms with E-state index in [0.717, 1.165) is 17.7 Å². The zero-order valence-corrected chi connectivity index (χ0v) is 14.6. The van der Waals surface area contributed by atoms with Crippen molar-refractivity contribution in [3.63, 3.8) is 0 Å². The molecule has 3 rings (SSSR count). The minimum absolute atomic E-state index is 0.0228. The lowest BCUT2D eigenvalue weighted by Gasteiger charge is -2.30. The highest BCUT2D eigenvalue weighted by atomic mass is 19.1. The number of nitrogens with one attached hydrogen (secondary N) is 1. The van der Waals surface area contributed by atoms with Crippen molar-refractivity contribution in [3.8, 4) is 0 Å². The van der Waals surface area contributed by atoms with Crippen LogP contribution in [0, 0.1) is 11.7 Å². The fourth-order valence-electron chi connectivity index (χ4n) is 2.97. The van der Waals surface area contributed by atoms with Gasteiger partial charge in [0.2, 0.25) is 0 Å². The smallest absolute Gasteiger partial charge is 0.317 e. The Morgan fingerprint density at radius 2 is 1.84 bits per heavy atom. The maximum Gasteiger partial charge on any atom is 0.317 e. The normalized spacial score (nSPS) is 14.8. The molecule has 1 saturated carbocycles. The number of hydrogen-bond acceptors (Lipinski definition) is 1. The van der Waals surface area contributed by atoms with E-state index in [2.05, 4.69) is 24.4 Å². The van der Waals surface area contributed by atoms with E-state index in [9.17, 15) is 9.18 Å². The minimum atomic E-state index is -0.236. The van der Waals surface area contributed by atoms with Crippen LogP contribution in [0.4, 0.5) is 9.18 Å². The van der Waals surface area contributed by atoms with Gasteiger partial charge in [-0.2, -0.15) is 0 Å². The van der Waals surface area contributed by atoms with Crippen LogP contribution in [0.2, 0.25) is 0 Å². The van der Waals surface area contributed by atoms with E-state index >= 15 is 0 Å². The summed E-state index contributed by atoms with van der Waals surface area (Å²) in [6, 6.07) is 16.6. The van der Waals surface area contributed by atoms with Crippen molar-refractivity contribution in [2.75, 3.05) is 13.1 Å². The topological polar surface area (TPSA) is 32.3 Å². The number of amides is 2. The largest absolute Gasteiger partial charge is 0.338 e. The lowest BCUT2D eigenvalue weighted by molar-refractivity contribution is 0.176. The Morgan fingerprint density at radius 3 is 2.48 bits per heavy atom. The molecule has 4 heteroatoms. The lowest BCUT2D eigenvalue weighted by atomic mass is 10.1. The first-order chi connectivity index (χ1) is 12.1. The van der Waals surface area contributed by atoms with Gasteiger partial charge < -0.3 is 10.2 Å². The second-order valence-electron chi connectivity index (χ2n) is 6.79. The van der Waals surface area contributed by atoms with Crippen molar-refractivity contribution in [3.05, 3.63) is 71.5 Å². The van der Waals surface area contributed by atoms with Crippen LogP contribution in [0.15, 0.2) is 54.6 Å². The Hall–Kier alpha value is -2.36. The zero-order valence-electron chi connectivity index (χ0n) is 14.6. The molecule has 1 atom stereocenters. The van der Waals surface area contributed by atoms with Gasteiger partial charge in [0.25, 0.3) is 0 Å². The van der Waals surface area contributed by atoms with Crippen LogP contribution in [-0.4, -0.2) is 24.0 Å². The molecule has 1 unspecified atom stereocenters. The molecule has 132 valence electrons. The van der Waals surface area contributed by atoms with Gasteiger partial charge in [0, 0.05) is 13.1 Å². The summed E-state index contributed by atoms with van der Waals surface area (Å²) >= 11 is 0. The molecule has 25 heavy (non-hydrogen) atoms. The molecule has 1 aliphatic carbocycles. The standard InChI is InChI=1S/C21H25FN2O/c1-16(19-5-3-2-4-6-19)24(15-18-7-8-18)21(25)23-14-13-17-9-11-20(22)12-10-17/h2-6,9-12,16,18H,7-8,13-15H2,1H3,(H,23,25). The van der Waals surface area contributed by atoms with E-state index in [4.69, 9.17) is 0 Å². The van der Waals surface area contributed by atoms with Gasteiger partial charge >= 0.3 is 6.03 Å². The first-order valence-corrected chi connectivity index (χ1v) is 8.97. The molecule has 0 bridgehead atoms. The van der Waals surface area contributed by atoms with Crippen LogP contribution in [-0.2, 0) is 6.42 Å². The second-order valence-corrected chi connectivity index (χ2v) is 6.79. The van der Waals surface area contributed by atoms with Crippen molar-refractivity contribution < 1.29 is 9.18 Å². The van der Waals surface area contributed by atoms with Crippen molar-refractivity contribution in [1.82, 2.24) is 10.2 Å². The maximum absolute atomic E-state index is 12.9. The number of nitrogens with zero attached hydrogens (tertiary/aromatic N) is 1. The summed E-state index contributed by atoms with van der Waals surface area (Å²) in [4.78, 5) is 14.7. The molecule has 0 spiro atoms. The monoisotopic (exact) mass is 340 g/mol. The third-order valence-electron chi connectivity index (χ3n) is 4.77. The fourth-order valence-corrected chi connectivity index (χ4v) is 2.97. The molecule has 0 saturated heterocycles. The van der Waals surface area contributed by atoms with Crippen LogP contribution in [0.25, 0.3) is 0 Å². The highest BCUT2D eigenvalue weighted by Crippen LogP contribution is 2.32. The number of halogens is 1. The minimum Gasteiger partial charge on any atom is -0.338 e. The molecule has 0 aromatic heterocycles. The van der Waals surface area contributed by atoms with E-state index in [-0.39, 0.29) is 17.9 Å². The molecule has 2 aromatic carbocycles. The molecule has 2 aromatic rings. The van der Waals surface area contributed by atoms with Gasteiger partial charge in [-0.15, -0.1) is 0 Å². The van der Waals surface area contributed by atoms with Crippen LogP contribution >= 0.6 is 0 Å². The predicted molar refractivity (Wildman–Crippen MR) is 97.8 cm³/mol. The third kappa shape index (κ3) is 5.05. The SMILES string of the molecule is CC(c1ccccc1)N(CC1CC1)C(=O)NCCc1ccc(F)cc1. The lowest BCUT2D eigenvalue weighted by Crippen LogP contribution is -2.43. The highest BCUT2D eigenvalue weighted by Gasteiger charge is 2.29. The van der Waals surface area contributed by atoms with Gasteiger partial charge in [-0.3, -0.25) is 0 Å². The summed E-state index contributed by atoms with van der Waals surface area (Å²) in [5, 5.41) is 3.02. The van der Waals surface area contributed by atoms with Crippen LogP contribution in [0.5, 0.6) is 0 Å². The Balaban J connectivity index is 1.58. The van der Waals surface area contributed by atoms with Crippen LogP contribution in [0.3, 0.4) is 0 Å². The molecular formula is C21H25FN2O. The average molecular weight is 340 g/mol. The van der Waals surface area contributed by atoms with Crippen molar-refractivity contribution >= 4 is 6.03 Å². The highest BCUT2D eigenvalue weighted by molar-refractivity contribution is 5.74. The molecular weight excluding hydrogens is 315 g/mol. The second kappa shape index (κ2) is 8.15. The number of carbonyl (C=O) groups excluding carboxylic acids is 1. The third-order valence-corrected chi connectivity index (χ3v) is 4.77. The van der Waals surface area contributed by atoms with Crippen LogP contribution in [0.1, 0.15) is 36.9 Å². The van der Waals surface area contributed by atoms with Gasteiger partial charge in [-0.1, -0.05) is 42.5 Å². The number of carbonyl (C=O) groups is 1. The van der Waals surface area contributed by atoms with Gasteiger partial charge in [0.05, 0.1) is 6.04 Å². The quantitative estimate of drug-likeness (QED) is 0.788. The van der Waals surface area contributed by atoms with E-state index in [1.165, 1.54) is 25.0 Å². The summed E-state index contributed by atoms with van der Waals surface area (Å²) in [7, 11) is 0. The molecule has 1 N–H and O–H groups in total. The van der Waals surface area contributed by atoms with Gasteiger partial charge in [-0.25, -0.2) is 9.18 Å². The Kier molecular flexibility index (Phi) is 5.69. The molecule has 0 aliphatic heterocycles. The Bertz CT molecular complexity index is 683. The number of rotatable bonds is 7. The van der Waals surface area contributed by atoms with Crippen LogP contribution < -0.4 is 5.32 Å². The van der Waals surface area contributed by atoms with Crippen molar-refractivity contribution in [2.24, 2.45) is 5.92 Å². The summed E-state index contributed by atoms with van der Waals surface area (Å²) in [5.74, 6) is 0.397.